The van der Waals surface area contributed by atoms with Gasteiger partial charge in [-0.25, -0.2) is 4.98 Å². The molecule has 0 aliphatic heterocycles. The van der Waals surface area contributed by atoms with E-state index in [1.807, 2.05) is 12.1 Å². The lowest BCUT2D eigenvalue weighted by Crippen LogP contribution is -2.14. The number of oxime groups is 1. The highest BCUT2D eigenvalue weighted by Gasteiger charge is 2.07. The Hall–Kier alpha value is -3.06. The average molecular weight is 330 g/mol. The molecule has 2 aromatic heterocycles. The standard InChI is InChI=1S/C15H12ClN5O2/c16-10-3-1-9(2-4-10)13-8-19-15(23-13)20-11-5-6-12(18-7-11)14(17)21-22/h1-8,22H,(H2,17,21)(H,19,20). The van der Waals surface area contributed by atoms with E-state index in [1.165, 1.54) is 6.20 Å². The maximum absolute atomic E-state index is 8.59. The SMILES string of the molecule is N/C(=N\O)c1ccc(Nc2ncc(-c3ccc(Cl)cc3)o2)cn1. The van der Waals surface area contributed by atoms with Gasteiger partial charge in [-0.15, -0.1) is 0 Å². The molecular formula is C15H12ClN5O2. The van der Waals surface area contributed by atoms with Gasteiger partial charge in [-0.3, -0.25) is 4.98 Å². The van der Waals surface area contributed by atoms with E-state index in [0.717, 1.165) is 5.56 Å². The molecule has 8 heteroatoms. The van der Waals surface area contributed by atoms with Crippen LogP contribution in [0, 0.1) is 0 Å². The molecule has 0 saturated heterocycles. The number of aromatic nitrogens is 2. The first-order chi connectivity index (χ1) is 11.2. The normalized spacial score (nSPS) is 11.4. The quantitative estimate of drug-likeness (QED) is 0.293. The van der Waals surface area contributed by atoms with Crippen molar-refractivity contribution in [2.45, 2.75) is 0 Å². The van der Waals surface area contributed by atoms with Crippen molar-refractivity contribution < 1.29 is 9.62 Å². The summed E-state index contributed by atoms with van der Waals surface area (Å²) in [5, 5.41) is 15.1. The fourth-order valence-electron chi connectivity index (χ4n) is 1.87. The van der Waals surface area contributed by atoms with Crippen molar-refractivity contribution in [3.63, 3.8) is 0 Å². The van der Waals surface area contributed by atoms with Crippen molar-refractivity contribution >= 4 is 29.1 Å². The Bertz CT molecular complexity index is 828. The molecule has 0 spiro atoms. The van der Waals surface area contributed by atoms with E-state index in [4.69, 9.17) is 27.0 Å². The predicted octanol–water partition coefficient (Wildman–Crippen LogP) is 3.23. The Morgan fingerprint density at radius 2 is 1.91 bits per heavy atom. The van der Waals surface area contributed by atoms with Gasteiger partial charge < -0.3 is 20.7 Å². The predicted molar refractivity (Wildman–Crippen MR) is 87.0 cm³/mol. The lowest BCUT2D eigenvalue weighted by molar-refractivity contribution is 0.318. The number of amidine groups is 1. The van der Waals surface area contributed by atoms with E-state index in [2.05, 4.69) is 20.4 Å². The molecule has 0 aliphatic carbocycles. The number of benzene rings is 1. The Morgan fingerprint density at radius 1 is 1.13 bits per heavy atom. The first kappa shape index (κ1) is 14.9. The molecule has 4 N–H and O–H groups in total. The molecular weight excluding hydrogens is 318 g/mol. The Morgan fingerprint density at radius 3 is 2.57 bits per heavy atom. The molecule has 0 radical (unpaired) electrons. The van der Waals surface area contributed by atoms with Crippen LogP contribution < -0.4 is 11.1 Å². The second kappa shape index (κ2) is 6.37. The third kappa shape index (κ3) is 3.41. The number of halogens is 1. The molecule has 0 saturated carbocycles. The summed E-state index contributed by atoms with van der Waals surface area (Å²) in [5.41, 5.74) is 7.35. The molecule has 2 heterocycles. The summed E-state index contributed by atoms with van der Waals surface area (Å²) in [5.74, 6) is 0.558. The van der Waals surface area contributed by atoms with Crippen molar-refractivity contribution in [2.24, 2.45) is 10.9 Å². The van der Waals surface area contributed by atoms with E-state index in [0.29, 0.717) is 28.2 Å². The number of pyridine rings is 1. The second-order valence-electron chi connectivity index (χ2n) is 4.58. The fraction of sp³-hybridized carbons (Fsp3) is 0. The van der Waals surface area contributed by atoms with Gasteiger partial charge >= 0.3 is 0 Å². The number of hydrogen-bond acceptors (Lipinski definition) is 6. The third-order valence-electron chi connectivity index (χ3n) is 3.02. The van der Waals surface area contributed by atoms with Gasteiger partial charge in [-0.2, -0.15) is 0 Å². The van der Waals surface area contributed by atoms with E-state index >= 15 is 0 Å². The molecule has 116 valence electrons. The van der Waals surface area contributed by atoms with Crippen LogP contribution >= 0.6 is 11.6 Å². The topological polar surface area (TPSA) is 110 Å². The number of hydrogen-bond donors (Lipinski definition) is 3. The Balaban J connectivity index is 1.75. The largest absolute Gasteiger partial charge is 0.423 e. The van der Waals surface area contributed by atoms with Crippen molar-refractivity contribution in [1.29, 1.82) is 0 Å². The van der Waals surface area contributed by atoms with E-state index in [1.54, 1.807) is 30.5 Å². The van der Waals surface area contributed by atoms with Gasteiger partial charge in [0.2, 0.25) is 0 Å². The summed E-state index contributed by atoms with van der Waals surface area (Å²) in [7, 11) is 0. The summed E-state index contributed by atoms with van der Waals surface area (Å²) >= 11 is 5.86. The first-order valence-corrected chi connectivity index (χ1v) is 6.96. The van der Waals surface area contributed by atoms with Gasteiger partial charge in [0.05, 0.1) is 18.1 Å². The van der Waals surface area contributed by atoms with Crippen LogP contribution in [0.3, 0.4) is 0 Å². The zero-order valence-electron chi connectivity index (χ0n) is 11.8. The molecule has 0 aliphatic rings. The van der Waals surface area contributed by atoms with Gasteiger partial charge in [0.15, 0.2) is 11.6 Å². The third-order valence-corrected chi connectivity index (χ3v) is 3.27. The molecule has 3 aromatic rings. The Kier molecular flexibility index (Phi) is 4.11. The number of nitrogens with zero attached hydrogens (tertiary/aromatic N) is 3. The minimum atomic E-state index is -0.0577. The van der Waals surface area contributed by atoms with Crippen LogP contribution in [0.15, 0.2) is 58.4 Å². The van der Waals surface area contributed by atoms with E-state index in [-0.39, 0.29) is 5.84 Å². The maximum Gasteiger partial charge on any atom is 0.299 e. The zero-order chi connectivity index (χ0) is 16.2. The molecule has 23 heavy (non-hydrogen) atoms. The fourth-order valence-corrected chi connectivity index (χ4v) is 2.00. The van der Waals surface area contributed by atoms with E-state index in [9.17, 15) is 0 Å². The molecule has 0 atom stereocenters. The summed E-state index contributed by atoms with van der Waals surface area (Å²) in [6.45, 7) is 0. The molecule has 7 nitrogen and oxygen atoms in total. The molecule has 0 bridgehead atoms. The number of nitrogens with two attached hydrogens (primary N) is 1. The van der Waals surface area contributed by atoms with Crippen LogP contribution in [0.1, 0.15) is 5.69 Å². The highest BCUT2D eigenvalue weighted by atomic mass is 35.5. The van der Waals surface area contributed by atoms with Crippen LogP contribution in [-0.4, -0.2) is 21.0 Å². The van der Waals surface area contributed by atoms with Crippen LogP contribution in [0.4, 0.5) is 11.7 Å². The molecule has 3 rings (SSSR count). The van der Waals surface area contributed by atoms with Crippen molar-refractivity contribution in [1.82, 2.24) is 9.97 Å². The molecule has 1 aromatic carbocycles. The number of nitrogens with one attached hydrogen (secondary N) is 1. The molecule has 0 unspecified atom stereocenters. The van der Waals surface area contributed by atoms with Crippen LogP contribution in [0.5, 0.6) is 0 Å². The second-order valence-corrected chi connectivity index (χ2v) is 5.02. The molecule has 0 fully saturated rings. The van der Waals surface area contributed by atoms with Crippen molar-refractivity contribution in [3.05, 3.63) is 59.5 Å². The van der Waals surface area contributed by atoms with Gasteiger partial charge in [-0.05, 0) is 36.4 Å². The van der Waals surface area contributed by atoms with Gasteiger partial charge in [-0.1, -0.05) is 16.8 Å². The smallest absolute Gasteiger partial charge is 0.299 e. The van der Waals surface area contributed by atoms with Crippen molar-refractivity contribution in [3.8, 4) is 11.3 Å². The minimum Gasteiger partial charge on any atom is -0.423 e. The monoisotopic (exact) mass is 329 g/mol. The minimum absolute atomic E-state index is 0.0577. The average Bonchev–Trinajstić information content (AvgIpc) is 3.04. The Labute approximate surface area is 136 Å². The van der Waals surface area contributed by atoms with Gasteiger partial charge in [0.1, 0.15) is 5.69 Å². The first-order valence-electron chi connectivity index (χ1n) is 6.58. The highest BCUT2D eigenvalue weighted by Crippen LogP contribution is 2.25. The van der Waals surface area contributed by atoms with Crippen molar-refractivity contribution in [2.75, 3.05) is 5.32 Å². The summed E-state index contributed by atoms with van der Waals surface area (Å²) in [6, 6.07) is 10.9. The molecule has 0 amide bonds. The summed E-state index contributed by atoms with van der Waals surface area (Å²) < 4.78 is 5.63. The van der Waals surface area contributed by atoms with Crippen LogP contribution in [0.25, 0.3) is 11.3 Å². The lowest BCUT2D eigenvalue weighted by Gasteiger charge is -2.02. The van der Waals surface area contributed by atoms with E-state index < -0.39 is 0 Å². The number of oxazole rings is 1. The van der Waals surface area contributed by atoms with Gasteiger partial charge in [0.25, 0.3) is 6.01 Å². The summed E-state index contributed by atoms with van der Waals surface area (Å²) in [4.78, 5) is 8.21. The maximum atomic E-state index is 8.59. The van der Waals surface area contributed by atoms with Gasteiger partial charge in [0, 0.05) is 10.6 Å². The summed E-state index contributed by atoms with van der Waals surface area (Å²) in [6.07, 6.45) is 3.14. The van der Waals surface area contributed by atoms with Crippen LogP contribution in [-0.2, 0) is 0 Å². The number of anilines is 2. The highest BCUT2D eigenvalue weighted by molar-refractivity contribution is 6.30. The lowest BCUT2D eigenvalue weighted by atomic mass is 10.2. The number of rotatable bonds is 4. The zero-order valence-corrected chi connectivity index (χ0v) is 12.5. The van der Waals surface area contributed by atoms with Crippen LogP contribution in [0.2, 0.25) is 5.02 Å².